The maximum Gasteiger partial charge on any atom is 0.311 e. The Morgan fingerprint density at radius 1 is 1.10 bits per heavy atom. The van der Waals surface area contributed by atoms with Gasteiger partial charge in [-0.15, -0.1) is 0 Å². The number of hydrogen-bond donors (Lipinski definition) is 1. The molecule has 2 aromatic carbocycles. The first-order valence-electron chi connectivity index (χ1n) is 9.92. The quantitative estimate of drug-likeness (QED) is 0.534. The summed E-state index contributed by atoms with van der Waals surface area (Å²) in [6.45, 7) is 4.43. The molecule has 0 radical (unpaired) electrons. The van der Waals surface area contributed by atoms with Gasteiger partial charge in [-0.05, 0) is 43.7 Å². The van der Waals surface area contributed by atoms with Crippen molar-refractivity contribution in [2.24, 2.45) is 5.92 Å². The second-order valence-corrected chi connectivity index (χ2v) is 7.36. The fraction of sp³-hybridized carbons (Fsp3) is 0.348. The van der Waals surface area contributed by atoms with Gasteiger partial charge in [0.1, 0.15) is 12.4 Å². The summed E-state index contributed by atoms with van der Waals surface area (Å²) < 4.78 is 10.7. The molecule has 1 aliphatic rings. The van der Waals surface area contributed by atoms with Crippen molar-refractivity contribution in [2.75, 3.05) is 31.2 Å². The molecule has 1 N–H and O–H groups in total. The summed E-state index contributed by atoms with van der Waals surface area (Å²) in [7, 11) is 0. The third kappa shape index (κ3) is 5.83. The highest BCUT2D eigenvalue weighted by atomic mass is 16.5. The number of benzene rings is 2. The number of hydrogen-bond acceptors (Lipinski definition) is 5. The number of rotatable bonds is 8. The van der Waals surface area contributed by atoms with Crippen LogP contribution in [0.2, 0.25) is 0 Å². The number of ether oxygens (including phenoxy) is 2. The van der Waals surface area contributed by atoms with Gasteiger partial charge < -0.3 is 19.7 Å². The van der Waals surface area contributed by atoms with Gasteiger partial charge in [-0.2, -0.15) is 0 Å². The average Bonchev–Trinajstić information content (AvgIpc) is 3.12. The molecule has 30 heavy (non-hydrogen) atoms. The average molecular weight is 410 g/mol. The van der Waals surface area contributed by atoms with E-state index in [-0.39, 0.29) is 25.5 Å². The molecule has 0 aromatic heterocycles. The van der Waals surface area contributed by atoms with Crippen molar-refractivity contribution in [3.8, 4) is 5.75 Å². The van der Waals surface area contributed by atoms with Crippen LogP contribution >= 0.6 is 0 Å². The lowest BCUT2D eigenvalue weighted by Gasteiger charge is -2.16. The molecular formula is C23H26N2O5. The lowest BCUT2D eigenvalue weighted by atomic mass is 10.1. The molecule has 0 bridgehead atoms. The molecule has 0 spiro atoms. The van der Waals surface area contributed by atoms with Crippen molar-refractivity contribution in [1.29, 1.82) is 0 Å². The maximum absolute atomic E-state index is 12.3. The van der Waals surface area contributed by atoms with E-state index in [2.05, 4.69) is 5.32 Å². The maximum atomic E-state index is 12.3. The highest BCUT2D eigenvalue weighted by Gasteiger charge is 2.36. The summed E-state index contributed by atoms with van der Waals surface area (Å²) in [5, 5.41) is 2.64. The summed E-state index contributed by atoms with van der Waals surface area (Å²) >= 11 is 0. The molecule has 1 fully saturated rings. The number of nitrogens with one attached hydrogen (secondary N) is 1. The zero-order valence-electron chi connectivity index (χ0n) is 17.2. The highest BCUT2D eigenvalue weighted by molar-refractivity contribution is 5.99. The summed E-state index contributed by atoms with van der Waals surface area (Å²) in [4.78, 5) is 38.0. The number of aryl methyl sites for hydroxylation is 2. The molecule has 7 nitrogen and oxygen atoms in total. The van der Waals surface area contributed by atoms with E-state index < -0.39 is 17.8 Å². The Kier molecular flexibility index (Phi) is 7.06. The molecule has 1 saturated heterocycles. The zero-order valence-corrected chi connectivity index (χ0v) is 17.2. The van der Waals surface area contributed by atoms with Crippen LogP contribution in [0, 0.1) is 19.8 Å². The summed E-state index contributed by atoms with van der Waals surface area (Å²) in [6.07, 6.45) is 0.0820. The number of nitrogens with zero attached hydrogens (tertiary/aromatic N) is 1. The van der Waals surface area contributed by atoms with Gasteiger partial charge in [-0.25, -0.2) is 0 Å². The molecule has 2 aromatic rings. The van der Waals surface area contributed by atoms with Gasteiger partial charge in [0.25, 0.3) is 5.91 Å². The minimum absolute atomic E-state index is 0.0820. The van der Waals surface area contributed by atoms with Crippen LogP contribution in [0.5, 0.6) is 5.75 Å². The van der Waals surface area contributed by atoms with E-state index in [1.807, 2.05) is 62.4 Å². The van der Waals surface area contributed by atoms with Gasteiger partial charge in [-0.3, -0.25) is 14.4 Å². The molecule has 0 aliphatic carbocycles. The Morgan fingerprint density at radius 2 is 1.87 bits per heavy atom. The molecule has 1 aliphatic heterocycles. The Morgan fingerprint density at radius 3 is 2.60 bits per heavy atom. The number of carbonyl (C=O) groups excluding carboxylic acids is 3. The zero-order chi connectivity index (χ0) is 21.5. The first kappa shape index (κ1) is 21.4. The van der Waals surface area contributed by atoms with E-state index in [0.29, 0.717) is 13.2 Å². The Hall–Kier alpha value is -3.35. The lowest BCUT2D eigenvalue weighted by Crippen LogP contribution is -2.33. The first-order chi connectivity index (χ1) is 14.4. The van der Waals surface area contributed by atoms with Crippen LogP contribution in [0.4, 0.5) is 5.69 Å². The fourth-order valence-electron chi connectivity index (χ4n) is 3.21. The predicted octanol–water partition coefficient (Wildman–Crippen LogP) is 2.39. The van der Waals surface area contributed by atoms with Gasteiger partial charge in [0.15, 0.2) is 6.61 Å². The SMILES string of the molecule is Cc1ccc(N2CC(C(=O)OCC(=O)NCCOc3cccc(C)c3)CC2=O)cc1. The van der Waals surface area contributed by atoms with E-state index in [4.69, 9.17) is 9.47 Å². The van der Waals surface area contributed by atoms with Crippen LogP contribution in [0.15, 0.2) is 48.5 Å². The lowest BCUT2D eigenvalue weighted by molar-refractivity contribution is -0.152. The van der Waals surface area contributed by atoms with Crippen LogP contribution < -0.4 is 15.0 Å². The first-order valence-corrected chi connectivity index (χ1v) is 9.92. The van der Waals surface area contributed by atoms with Crippen LogP contribution in [0.3, 0.4) is 0 Å². The highest BCUT2D eigenvalue weighted by Crippen LogP contribution is 2.26. The molecule has 1 unspecified atom stereocenters. The van der Waals surface area contributed by atoms with E-state index in [1.54, 1.807) is 4.90 Å². The molecule has 2 amide bonds. The Balaban J connectivity index is 1.37. The normalized spacial score (nSPS) is 15.7. The van der Waals surface area contributed by atoms with Gasteiger partial charge in [-0.1, -0.05) is 29.8 Å². The Labute approximate surface area is 176 Å². The van der Waals surface area contributed by atoms with E-state index in [1.165, 1.54) is 0 Å². The minimum atomic E-state index is -0.573. The topological polar surface area (TPSA) is 84.9 Å². The summed E-state index contributed by atoms with van der Waals surface area (Å²) in [5.41, 5.74) is 2.94. The molecule has 158 valence electrons. The van der Waals surface area contributed by atoms with Gasteiger partial charge in [0.2, 0.25) is 5.91 Å². The smallest absolute Gasteiger partial charge is 0.311 e. The van der Waals surface area contributed by atoms with Crippen molar-refractivity contribution in [3.05, 3.63) is 59.7 Å². The second-order valence-electron chi connectivity index (χ2n) is 7.36. The number of anilines is 1. The van der Waals surface area contributed by atoms with E-state index >= 15 is 0 Å². The molecule has 1 atom stereocenters. The number of carbonyl (C=O) groups is 3. The molecule has 7 heteroatoms. The largest absolute Gasteiger partial charge is 0.492 e. The molecule has 1 heterocycles. The second kappa shape index (κ2) is 9.91. The minimum Gasteiger partial charge on any atom is -0.492 e. The van der Waals surface area contributed by atoms with Crippen molar-refractivity contribution in [3.63, 3.8) is 0 Å². The van der Waals surface area contributed by atoms with E-state index in [9.17, 15) is 14.4 Å². The summed E-state index contributed by atoms with van der Waals surface area (Å²) in [6, 6.07) is 15.2. The molecular weight excluding hydrogens is 384 g/mol. The van der Waals surface area contributed by atoms with Crippen LogP contribution in [0.25, 0.3) is 0 Å². The fourth-order valence-corrected chi connectivity index (χ4v) is 3.21. The standard InChI is InChI=1S/C23H26N2O5/c1-16-6-8-19(9-7-16)25-14-18(13-22(25)27)23(28)30-15-21(26)24-10-11-29-20-5-3-4-17(2)12-20/h3-9,12,18H,10-11,13-15H2,1-2H3,(H,24,26). The molecule has 3 rings (SSSR count). The summed E-state index contributed by atoms with van der Waals surface area (Å²) in [5.74, 6) is -0.908. The van der Waals surface area contributed by atoms with Crippen molar-refractivity contribution in [2.45, 2.75) is 20.3 Å². The van der Waals surface area contributed by atoms with E-state index in [0.717, 1.165) is 22.6 Å². The van der Waals surface area contributed by atoms with Crippen LogP contribution in [-0.4, -0.2) is 44.1 Å². The number of esters is 1. The predicted molar refractivity (Wildman–Crippen MR) is 112 cm³/mol. The monoisotopic (exact) mass is 410 g/mol. The van der Waals surface area contributed by atoms with Crippen LogP contribution in [-0.2, 0) is 19.1 Å². The third-order valence-electron chi connectivity index (χ3n) is 4.83. The van der Waals surface area contributed by atoms with Crippen LogP contribution in [0.1, 0.15) is 17.5 Å². The van der Waals surface area contributed by atoms with Gasteiger partial charge in [0.05, 0.1) is 12.5 Å². The third-order valence-corrected chi connectivity index (χ3v) is 4.83. The van der Waals surface area contributed by atoms with Gasteiger partial charge >= 0.3 is 5.97 Å². The van der Waals surface area contributed by atoms with Gasteiger partial charge in [0, 0.05) is 18.7 Å². The van der Waals surface area contributed by atoms with Crippen molar-refractivity contribution in [1.82, 2.24) is 5.32 Å². The van der Waals surface area contributed by atoms with Crippen molar-refractivity contribution < 1.29 is 23.9 Å². The Bertz CT molecular complexity index is 910. The molecule has 0 saturated carbocycles. The van der Waals surface area contributed by atoms with Crippen molar-refractivity contribution >= 4 is 23.5 Å². The number of amides is 2.